The van der Waals surface area contributed by atoms with Crippen LogP contribution in [0.4, 0.5) is 5.69 Å². The van der Waals surface area contributed by atoms with E-state index < -0.39 is 0 Å². The van der Waals surface area contributed by atoms with Crippen LogP contribution < -0.4 is 4.90 Å². The van der Waals surface area contributed by atoms with Crippen molar-refractivity contribution in [3.05, 3.63) is 42.7 Å². The van der Waals surface area contributed by atoms with E-state index in [4.69, 9.17) is 0 Å². The summed E-state index contributed by atoms with van der Waals surface area (Å²) in [7, 11) is 1.93. The van der Waals surface area contributed by atoms with Gasteiger partial charge in [0.25, 0.3) is 0 Å². The Labute approximate surface area is 117 Å². The number of para-hydroxylation sites is 1. The lowest BCUT2D eigenvalue weighted by molar-refractivity contribution is -0.116. The smallest absolute Gasteiger partial charge is 0.237 e. The van der Waals surface area contributed by atoms with E-state index in [0.29, 0.717) is 12.3 Å². The van der Waals surface area contributed by atoms with Gasteiger partial charge in [-0.25, -0.2) is 4.98 Å². The van der Waals surface area contributed by atoms with Gasteiger partial charge in [-0.2, -0.15) is 0 Å². The van der Waals surface area contributed by atoms with Crippen molar-refractivity contribution in [3.63, 3.8) is 0 Å². The van der Waals surface area contributed by atoms with Gasteiger partial charge in [0.05, 0.1) is 5.75 Å². The minimum absolute atomic E-state index is 0.0988. The number of rotatable bonds is 5. The highest BCUT2D eigenvalue weighted by Gasteiger charge is 2.14. The maximum absolute atomic E-state index is 12.2. The molecule has 0 saturated heterocycles. The Kier molecular flexibility index (Phi) is 4.63. The van der Waals surface area contributed by atoms with Crippen molar-refractivity contribution < 1.29 is 4.79 Å². The topological polar surface area (TPSA) is 38.1 Å². The van der Waals surface area contributed by atoms with Crippen LogP contribution in [0.25, 0.3) is 0 Å². The zero-order valence-electron chi connectivity index (χ0n) is 11.1. The lowest BCUT2D eigenvalue weighted by Crippen LogP contribution is -2.32. The number of hydrogen-bond donors (Lipinski definition) is 0. The average Bonchev–Trinajstić information content (AvgIpc) is 2.84. The molecule has 0 radical (unpaired) electrons. The third-order valence-corrected chi connectivity index (χ3v) is 3.83. The Hall–Kier alpha value is -1.75. The van der Waals surface area contributed by atoms with Gasteiger partial charge in [-0.15, -0.1) is 0 Å². The first-order chi connectivity index (χ1) is 9.22. The lowest BCUT2D eigenvalue weighted by atomic mass is 10.3. The third kappa shape index (κ3) is 3.38. The Balaban J connectivity index is 2.00. The Morgan fingerprint density at radius 1 is 1.37 bits per heavy atom. The summed E-state index contributed by atoms with van der Waals surface area (Å²) in [6, 6.07) is 9.73. The van der Waals surface area contributed by atoms with Crippen molar-refractivity contribution in [2.75, 3.05) is 17.2 Å². The van der Waals surface area contributed by atoms with Gasteiger partial charge < -0.3 is 9.47 Å². The third-order valence-electron chi connectivity index (χ3n) is 2.79. The van der Waals surface area contributed by atoms with Crippen molar-refractivity contribution in [1.29, 1.82) is 0 Å². The fraction of sp³-hybridized carbons (Fsp3) is 0.286. The first-order valence-corrected chi connectivity index (χ1v) is 7.16. The fourth-order valence-electron chi connectivity index (χ4n) is 1.81. The maximum Gasteiger partial charge on any atom is 0.237 e. The van der Waals surface area contributed by atoms with Gasteiger partial charge in [-0.3, -0.25) is 4.79 Å². The summed E-state index contributed by atoms with van der Waals surface area (Å²) in [5.74, 6) is 0.495. The molecule has 0 saturated carbocycles. The summed E-state index contributed by atoms with van der Waals surface area (Å²) in [6.45, 7) is 2.65. The van der Waals surface area contributed by atoms with Gasteiger partial charge in [-0.1, -0.05) is 30.0 Å². The Morgan fingerprint density at radius 3 is 2.68 bits per heavy atom. The van der Waals surface area contributed by atoms with Crippen molar-refractivity contribution >= 4 is 23.4 Å². The van der Waals surface area contributed by atoms with E-state index in [2.05, 4.69) is 4.98 Å². The molecule has 0 aliphatic heterocycles. The predicted molar refractivity (Wildman–Crippen MR) is 78.4 cm³/mol. The summed E-state index contributed by atoms with van der Waals surface area (Å²) in [5, 5.41) is 0.859. The molecule has 2 rings (SSSR count). The van der Waals surface area contributed by atoms with Gasteiger partial charge in [0.15, 0.2) is 5.16 Å². The molecule has 0 spiro atoms. The number of amides is 1. The van der Waals surface area contributed by atoms with Crippen LogP contribution >= 0.6 is 11.8 Å². The van der Waals surface area contributed by atoms with Crippen molar-refractivity contribution in [2.45, 2.75) is 12.1 Å². The summed E-state index contributed by atoms with van der Waals surface area (Å²) >= 11 is 1.46. The predicted octanol–water partition coefficient (Wildman–Crippen LogP) is 2.57. The molecule has 0 aliphatic rings. The lowest BCUT2D eigenvalue weighted by Gasteiger charge is -2.20. The highest BCUT2D eigenvalue weighted by atomic mass is 32.2. The van der Waals surface area contributed by atoms with Crippen LogP contribution in [-0.2, 0) is 11.8 Å². The molecule has 0 aliphatic carbocycles. The summed E-state index contributed by atoms with van der Waals surface area (Å²) in [5.41, 5.74) is 0.940. The van der Waals surface area contributed by atoms with E-state index in [1.165, 1.54) is 11.8 Å². The zero-order chi connectivity index (χ0) is 13.7. The van der Waals surface area contributed by atoms with Crippen LogP contribution in [0.5, 0.6) is 0 Å². The fourth-order valence-corrected chi connectivity index (χ4v) is 2.61. The molecule has 0 unspecified atom stereocenters. The highest BCUT2D eigenvalue weighted by Crippen LogP contribution is 2.18. The first-order valence-electron chi connectivity index (χ1n) is 6.18. The molecule has 1 aromatic heterocycles. The van der Waals surface area contributed by atoms with Crippen LogP contribution in [0.15, 0.2) is 47.9 Å². The number of hydrogen-bond acceptors (Lipinski definition) is 3. The number of benzene rings is 1. The van der Waals surface area contributed by atoms with Crippen molar-refractivity contribution in [1.82, 2.24) is 9.55 Å². The number of imidazole rings is 1. The van der Waals surface area contributed by atoms with Gasteiger partial charge in [-0.05, 0) is 19.1 Å². The maximum atomic E-state index is 12.2. The number of carbonyl (C=O) groups excluding carboxylic acids is 1. The van der Waals surface area contributed by atoms with Crippen LogP contribution in [0.1, 0.15) is 6.92 Å². The number of aryl methyl sites for hydroxylation is 1. The monoisotopic (exact) mass is 275 g/mol. The van der Waals surface area contributed by atoms with Gasteiger partial charge in [0, 0.05) is 31.7 Å². The highest BCUT2D eigenvalue weighted by molar-refractivity contribution is 7.99. The van der Waals surface area contributed by atoms with Gasteiger partial charge >= 0.3 is 0 Å². The standard InChI is InChI=1S/C14H17N3OS/c1-3-17(12-7-5-4-6-8-12)13(18)11-19-14-15-9-10-16(14)2/h4-10H,3,11H2,1-2H3. The number of aromatic nitrogens is 2. The van der Waals surface area contributed by atoms with E-state index in [1.54, 1.807) is 11.1 Å². The van der Waals surface area contributed by atoms with E-state index in [0.717, 1.165) is 10.8 Å². The summed E-state index contributed by atoms with van der Waals surface area (Å²) in [4.78, 5) is 18.2. The summed E-state index contributed by atoms with van der Waals surface area (Å²) in [6.07, 6.45) is 3.61. The molecule has 19 heavy (non-hydrogen) atoms. The van der Waals surface area contributed by atoms with Crippen molar-refractivity contribution in [2.24, 2.45) is 7.05 Å². The molecule has 2 aromatic rings. The molecule has 0 fully saturated rings. The molecule has 100 valence electrons. The molecule has 0 N–H and O–H groups in total. The minimum atomic E-state index is 0.0988. The molecule has 1 amide bonds. The first kappa shape index (κ1) is 13.7. The molecule has 4 nitrogen and oxygen atoms in total. The van der Waals surface area contributed by atoms with Crippen LogP contribution in [0.3, 0.4) is 0 Å². The molecule has 1 heterocycles. The zero-order valence-corrected chi connectivity index (χ0v) is 11.9. The second kappa shape index (κ2) is 6.43. The molecule has 5 heteroatoms. The molecule has 0 atom stereocenters. The van der Waals surface area contributed by atoms with E-state index >= 15 is 0 Å². The summed E-state index contributed by atoms with van der Waals surface area (Å²) < 4.78 is 1.91. The second-order valence-corrected chi connectivity index (χ2v) is 5.03. The molecular formula is C14H17N3OS. The quantitative estimate of drug-likeness (QED) is 0.787. The van der Waals surface area contributed by atoms with Crippen LogP contribution in [0, 0.1) is 0 Å². The van der Waals surface area contributed by atoms with Gasteiger partial charge in [0.2, 0.25) is 5.91 Å². The normalized spacial score (nSPS) is 10.4. The van der Waals surface area contributed by atoms with E-state index in [-0.39, 0.29) is 5.91 Å². The number of anilines is 1. The van der Waals surface area contributed by atoms with Gasteiger partial charge in [0.1, 0.15) is 0 Å². The molecule has 1 aromatic carbocycles. The molecule has 0 bridgehead atoms. The number of nitrogens with zero attached hydrogens (tertiary/aromatic N) is 3. The van der Waals surface area contributed by atoms with E-state index in [1.807, 2.05) is 55.1 Å². The van der Waals surface area contributed by atoms with E-state index in [9.17, 15) is 4.79 Å². The SMILES string of the molecule is CCN(C(=O)CSc1nccn1C)c1ccccc1. The molecular weight excluding hydrogens is 258 g/mol. The van der Waals surface area contributed by atoms with Crippen LogP contribution in [0.2, 0.25) is 0 Å². The average molecular weight is 275 g/mol. The Morgan fingerprint density at radius 2 is 2.11 bits per heavy atom. The minimum Gasteiger partial charge on any atom is -0.329 e. The Bertz CT molecular complexity index is 539. The second-order valence-electron chi connectivity index (χ2n) is 4.08. The number of carbonyl (C=O) groups is 1. The van der Waals surface area contributed by atoms with Crippen molar-refractivity contribution in [3.8, 4) is 0 Å². The largest absolute Gasteiger partial charge is 0.329 e. The number of thioether (sulfide) groups is 1. The van der Waals surface area contributed by atoms with Crippen LogP contribution in [-0.4, -0.2) is 27.8 Å².